The zero-order valence-corrected chi connectivity index (χ0v) is 15.9. The SMILES string of the molecule is CCCN1CCC(Nc2ncc(C(=O)N3CCCCC3)cc2Cl)CC1. The third-order valence-corrected chi connectivity index (χ3v) is 5.49. The number of amides is 1. The number of nitrogens with one attached hydrogen (secondary N) is 1. The minimum atomic E-state index is 0.0496. The number of aromatic nitrogens is 1. The van der Waals surface area contributed by atoms with Crippen molar-refractivity contribution in [1.82, 2.24) is 14.8 Å². The van der Waals surface area contributed by atoms with Crippen molar-refractivity contribution < 1.29 is 4.79 Å². The van der Waals surface area contributed by atoms with Crippen LogP contribution in [0.5, 0.6) is 0 Å². The molecule has 1 amide bonds. The third kappa shape index (κ3) is 4.85. The summed E-state index contributed by atoms with van der Waals surface area (Å²) in [5.74, 6) is 0.749. The van der Waals surface area contributed by atoms with E-state index in [-0.39, 0.29) is 5.91 Å². The number of hydrogen-bond acceptors (Lipinski definition) is 4. The predicted molar refractivity (Wildman–Crippen MR) is 102 cm³/mol. The highest BCUT2D eigenvalue weighted by Crippen LogP contribution is 2.24. The molecule has 1 aromatic heterocycles. The molecule has 25 heavy (non-hydrogen) atoms. The van der Waals surface area contributed by atoms with Crippen LogP contribution in [-0.2, 0) is 0 Å². The summed E-state index contributed by atoms with van der Waals surface area (Å²) >= 11 is 6.40. The third-order valence-electron chi connectivity index (χ3n) is 5.20. The summed E-state index contributed by atoms with van der Waals surface area (Å²) in [5, 5.41) is 4.00. The van der Waals surface area contributed by atoms with Crippen LogP contribution in [0.2, 0.25) is 5.02 Å². The largest absolute Gasteiger partial charge is 0.366 e. The van der Waals surface area contributed by atoms with Crippen molar-refractivity contribution in [2.75, 3.05) is 38.0 Å². The van der Waals surface area contributed by atoms with E-state index >= 15 is 0 Å². The van der Waals surface area contributed by atoms with Gasteiger partial charge < -0.3 is 15.1 Å². The Morgan fingerprint density at radius 2 is 1.96 bits per heavy atom. The summed E-state index contributed by atoms with van der Waals surface area (Å²) in [7, 11) is 0. The number of nitrogens with zero attached hydrogens (tertiary/aromatic N) is 3. The smallest absolute Gasteiger partial charge is 0.255 e. The normalized spacial score (nSPS) is 19.8. The van der Waals surface area contributed by atoms with Crippen LogP contribution in [0.4, 0.5) is 5.82 Å². The van der Waals surface area contributed by atoms with E-state index < -0.39 is 0 Å². The fourth-order valence-electron chi connectivity index (χ4n) is 3.75. The van der Waals surface area contributed by atoms with Gasteiger partial charge in [0.25, 0.3) is 5.91 Å². The molecule has 1 N–H and O–H groups in total. The van der Waals surface area contributed by atoms with Crippen LogP contribution < -0.4 is 5.32 Å². The van der Waals surface area contributed by atoms with Crippen LogP contribution in [-0.4, -0.2) is 59.5 Å². The Balaban J connectivity index is 1.57. The number of piperidine rings is 2. The molecular weight excluding hydrogens is 336 g/mol. The standard InChI is InChI=1S/C19H29ClN4O/c1-2-8-23-11-6-16(7-12-23)22-18-17(20)13-15(14-21-18)19(25)24-9-4-3-5-10-24/h13-14,16H,2-12H2,1H3,(H,21,22). The fourth-order valence-corrected chi connectivity index (χ4v) is 3.97. The Morgan fingerprint density at radius 3 is 2.60 bits per heavy atom. The number of anilines is 1. The van der Waals surface area contributed by atoms with Crippen LogP contribution in [0.25, 0.3) is 0 Å². The first-order valence-electron chi connectivity index (χ1n) is 9.61. The molecule has 0 atom stereocenters. The lowest BCUT2D eigenvalue weighted by molar-refractivity contribution is 0.0724. The Hall–Kier alpha value is -1.33. The number of pyridine rings is 1. The van der Waals surface area contributed by atoms with Gasteiger partial charge >= 0.3 is 0 Å². The van der Waals surface area contributed by atoms with Gasteiger partial charge in [0.1, 0.15) is 5.82 Å². The van der Waals surface area contributed by atoms with Gasteiger partial charge in [-0.1, -0.05) is 18.5 Å². The van der Waals surface area contributed by atoms with Crippen LogP contribution in [0, 0.1) is 0 Å². The number of carbonyl (C=O) groups excluding carboxylic acids is 1. The molecule has 2 aliphatic rings. The van der Waals surface area contributed by atoms with E-state index in [1.54, 1.807) is 12.3 Å². The van der Waals surface area contributed by atoms with E-state index in [0.29, 0.717) is 22.4 Å². The summed E-state index contributed by atoms with van der Waals surface area (Å²) in [6.45, 7) is 7.32. The van der Waals surface area contributed by atoms with Gasteiger partial charge in [-0.3, -0.25) is 4.79 Å². The highest BCUT2D eigenvalue weighted by molar-refractivity contribution is 6.33. The van der Waals surface area contributed by atoms with Gasteiger partial charge in [0, 0.05) is 38.4 Å². The van der Waals surface area contributed by atoms with Crippen LogP contribution >= 0.6 is 11.6 Å². The maximum absolute atomic E-state index is 12.6. The van der Waals surface area contributed by atoms with Gasteiger partial charge in [-0.2, -0.15) is 0 Å². The number of likely N-dealkylation sites (tertiary alicyclic amines) is 2. The minimum Gasteiger partial charge on any atom is -0.366 e. The van der Waals surface area contributed by atoms with E-state index in [2.05, 4.69) is 22.1 Å². The number of hydrogen-bond donors (Lipinski definition) is 1. The molecule has 0 radical (unpaired) electrons. The van der Waals surface area contributed by atoms with Crippen molar-refractivity contribution in [3.8, 4) is 0 Å². The predicted octanol–water partition coefficient (Wildman–Crippen LogP) is 3.65. The first-order valence-corrected chi connectivity index (χ1v) is 9.99. The van der Waals surface area contributed by atoms with Crippen molar-refractivity contribution in [2.24, 2.45) is 0 Å². The van der Waals surface area contributed by atoms with Crippen molar-refractivity contribution in [2.45, 2.75) is 51.5 Å². The minimum absolute atomic E-state index is 0.0496. The maximum atomic E-state index is 12.6. The molecule has 6 heteroatoms. The highest BCUT2D eigenvalue weighted by Gasteiger charge is 2.22. The number of carbonyl (C=O) groups is 1. The maximum Gasteiger partial charge on any atom is 0.255 e. The molecule has 0 spiro atoms. The van der Waals surface area contributed by atoms with Gasteiger partial charge in [-0.15, -0.1) is 0 Å². The van der Waals surface area contributed by atoms with Gasteiger partial charge in [0.05, 0.1) is 10.6 Å². The number of rotatable bonds is 5. The van der Waals surface area contributed by atoms with Crippen LogP contribution in [0.3, 0.4) is 0 Å². The zero-order valence-electron chi connectivity index (χ0n) is 15.1. The van der Waals surface area contributed by atoms with E-state index in [9.17, 15) is 4.79 Å². The second kappa shape index (κ2) is 8.86. The Kier molecular flexibility index (Phi) is 6.54. The molecule has 0 saturated carbocycles. The molecule has 0 unspecified atom stereocenters. The molecule has 3 rings (SSSR count). The summed E-state index contributed by atoms with van der Waals surface area (Å²) in [6.07, 6.45) is 8.46. The average molecular weight is 365 g/mol. The molecule has 2 fully saturated rings. The summed E-state index contributed by atoms with van der Waals surface area (Å²) in [6, 6.07) is 2.17. The van der Waals surface area contributed by atoms with Crippen LogP contribution in [0.1, 0.15) is 55.8 Å². The lowest BCUT2D eigenvalue weighted by Gasteiger charge is -2.32. The molecule has 0 bridgehead atoms. The molecule has 5 nitrogen and oxygen atoms in total. The molecule has 2 saturated heterocycles. The number of halogens is 1. The molecule has 2 aliphatic heterocycles. The summed E-state index contributed by atoms with van der Waals surface area (Å²) in [5.41, 5.74) is 0.593. The van der Waals surface area contributed by atoms with Crippen LogP contribution in [0.15, 0.2) is 12.3 Å². The van der Waals surface area contributed by atoms with E-state index in [0.717, 1.165) is 51.9 Å². The Morgan fingerprint density at radius 1 is 1.24 bits per heavy atom. The van der Waals surface area contributed by atoms with Gasteiger partial charge in [-0.25, -0.2) is 4.98 Å². The Labute approximate surface area is 155 Å². The fraction of sp³-hybridized carbons (Fsp3) is 0.684. The molecule has 3 heterocycles. The zero-order chi connectivity index (χ0) is 17.6. The molecular formula is C19H29ClN4O. The average Bonchev–Trinajstić information content (AvgIpc) is 2.65. The summed E-state index contributed by atoms with van der Waals surface area (Å²) < 4.78 is 0. The second-order valence-electron chi connectivity index (χ2n) is 7.17. The topological polar surface area (TPSA) is 48.5 Å². The highest BCUT2D eigenvalue weighted by atomic mass is 35.5. The van der Waals surface area contributed by atoms with E-state index in [4.69, 9.17) is 11.6 Å². The van der Waals surface area contributed by atoms with Crippen molar-refractivity contribution in [3.63, 3.8) is 0 Å². The van der Waals surface area contributed by atoms with Gasteiger partial charge in [0.15, 0.2) is 0 Å². The lowest BCUT2D eigenvalue weighted by atomic mass is 10.0. The quantitative estimate of drug-likeness (QED) is 0.866. The van der Waals surface area contributed by atoms with Gasteiger partial charge in [-0.05, 0) is 51.1 Å². The van der Waals surface area contributed by atoms with Crippen molar-refractivity contribution >= 4 is 23.3 Å². The monoisotopic (exact) mass is 364 g/mol. The van der Waals surface area contributed by atoms with Crippen molar-refractivity contribution in [1.29, 1.82) is 0 Å². The Bertz CT molecular complexity index is 581. The van der Waals surface area contributed by atoms with Crippen molar-refractivity contribution in [3.05, 3.63) is 22.8 Å². The molecule has 0 aromatic carbocycles. The first kappa shape index (κ1) is 18.5. The molecule has 138 valence electrons. The first-order chi connectivity index (χ1) is 12.2. The lowest BCUT2D eigenvalue weighted by Crippen LogP contribution is -2.39. The van der Waals surface area contributed by atoms with E-state index in [1.165, 1.54) is 19.4 Å². The molecule has 0 aliphatic carbocycles. The van der Waals surface area contributed by atoms with Gasteiger partial charge in [0.2, 0.25) is 0 Å². The molecule has 1 aromatic rings. The van der Waals surface area contributed by atoms with E-state index in [1.807, 2.05) is 4.90 Å². The second-order valence-corrected chi connectivity index (χ2v) is 7.57. The summed E-state index contributed by atoms with van der Waals surface area (Å²) in [4.78, 5) is 21.4.